The van der Waals surface area contributed by atoms with Gasteiger partial charge in [-0.05, 0) is 12.8 Å². The summed E-state index contributed by atoms with van der Waals surface area (Å²) < 4.78 is 0. The Hall–Kier alpha value is -0.410. The summed E-state index contributed by atoms with van der Waals surface area (Å²) in [5.74, 6) is 0.300. The molecule has 72 valence electrons. The predicted molar refractivity (Wildman–Crippen MR) is 53.9 cm³/mol. The zero-order valence-corrected chi connectivity index (χ0v) is 8.46. The molecule has 1 saturated carbocycles. The van der Waals surface area contributed by atoms with E-state index in [1.54, 1.807) is 11.3 Å². The standard InChI is InChI=1S/C10H15NOS/c12-10-5-3-1-2-4-8(10)9-6-13-7-11-9/h6-8,10,12H,1-5H2/t8-,10+/m0/s1. The van der Waals surface area contributed by atoms with Gasteiger partial charge in [0.15, 0.2) is 0 Å². The summed E-state index contributed by atoms with van der Waals surface area (Å²) in [7, 11) is 0. The van der Waals surface area contributed by atoms with E-state index in [4.69, 9.17) is 0 Å². The maximum atomic E-state index is 9.89. The Labute approximate surface area is 82.6 Å². The number of aliphatic hydroxyl groups is 1. The molecule has 13 heavy (non-hydrogen) atoms. The van der Waals surface area contributed by atoms with Gasteiger partial charge < -0.3 is 5.11 Å². The molecule has 0 bridgehead atoms. The molecule has 3 heteroatoms. The fourth-order valence-corrected chi connectivity index (χ4v) is 2.66. The SMILES string of the molecule is O[C@@H]1CCCCC[C@H]1c1cscn1. The zero-order chi connectivity index (χ0) is 9.10. The highest BCUT2D eigenvalue weighted by atomic mass is 32.1. The first kappa shape index (κ1) is 9.16. The Balaban J connectivity index is 2.11. The highest BCUT2D eigenvalue weighted by Crippen LogP contribution is 2.31. The maximum Gasteiger partial charge on any atom is 0.0794 e. The summed E-state index contributed by atoms with van der Waals surface area (Å²) in [6, 6.07) is 0. The van der Waals surface area contributed by atoms with Gasteiger partial charge in [-0.15, -0.1) is 11.3 Å². The second-order valence-electron chi connectivity index (χ2n) is 3.73. The van der Waals surface area contributed by atoms with E-state index in [0.717, 1.165) is 18.5 Å². The lowest BCUT2D eigenvalue weighted by atomic mass is 9.95. The normalized spacial score (nSPS) is 29.9. The smallest absolute Gasteiger partial charge is 0.0794 e. The second kappa shape index (κ2) is 4.20. The Morgan fingerprint density at radius 1 is 1.31 bits per heavy atom. The minimum atomic E-state index is -0.162. The third kappa shape index (κ3) is 2.09. The molecule has 1 N–H and O–H groups in total. The topological polar surface area (TPSA) is 33.1 Å². The minimum Gasteiger partial charge on any atom is -0.392 e. The third-order valence-corrected chi connectivity index (χ3v) is 3.42. The van der Waals surface area contributed by atoms with E-state index in [1.165, 1.54) is 19.3 Å². The van der Waals surface area contributed by atoms with E-state index < -0.39 is 0 Å². The largest absolute Gasteiger partial charge is 0.392 e. The maximum absolute atomic E-state index is 9.89. The molecule has 1 heterocycles. The second-order valence-corrected chi connectivity index (χ2v) is 4.44. The van der Waals surface area contributed by atoms with Crippen LogP contribution in [0.2, 0.25) is 0 Å². The molecule has 1 aliphatic carbocycles. The van der Waals surface area contributed by atoms with Crippen molar-refractivity contribution in [3.63, 3.8) is 0 Å². The van der Waals surface area contributed by atoms with Crippen molar-refractivity contribution >= 4 is 11.3 Å². The van der Waals surface area contributed by atoms with Gasteiger partial charge in [0.1, 0.15) is 0 Å². The van der Waals surface area contributed by atoms with Crippen molar-refractivity contribution in [1.29, 1.82) is 0 Å². The Morgan fingerprint density at radius 3 is 2.92 bits per heavy atom. The molecule has 0 radical (unpaired) electrons. The fraction of sp³-hybridized carbons (Fsp3) is 0.700. The third-order valence-electron chi connectivity index (χ3n) is 2.81. The van der Waals surface area contributed by atoms with Crippen LogP contribution in [0.15, 0.2) is 10.9 Å². The average Bonchev–Trinajstić information content (AvgIpc) is 2.56. The molecule has 0 saturated heterocycles. The van der Waals surface area contributed by atoms with Crippen LogP contribution in [0.4, 0.5) is 0 Å². The van der Waals surface area contributed by atoms with Gasteiger partial charge in [0.05, 0.1) is 17.3 Å². The van der Waals surface area contributed by atoms with Crippen LogP contribution in [0.25, 0.3) is 0 Å². The Morgan fingerprint density at radius 2 is 2.15 bits per heavy atom. The number of aromatic nitrogens is 1. The van der Waals surface area contributed by atoms with E-state index >= 15 is 0 Å². The van der Waals surface area contributed by atoms with Crippen LogP contribution >= 0.6 is 11.3 Å². The van der Waals surface area contributed by atoms with Gasteiger partial charge in [0.2, 0.25) is 0 Å². The molecule has 2 atom stereocenters. The van der Waals surface area contributed by atoms with Crippen LogP contribution in [-0.4, -0.2) is 16.2 Å². The molecule has 2 rings (SSSR count). The van der Waals surface area contributed by atoms with Gasteiger partial charge in [-0.1, -0.05) is 19.3 Å². The average molecular weight is 197 g/mol. The molecule has 1 aliphatic rings. The summed E-state index contributed by atoms with van der Waals surface area (Å²) in [4.78, 5) is 4.29. The molecular weight excluding hydrogens is 182 g/mol. The van der Waals surface area contributed by atoms with Crippen molar-refractivity contribution in [2.45, 2.75) is 44.1 Å². The van der Waals surface area contributed by atoms with Gasteiger partial charge in [-0.2, -0.15) is 0 Å². The summed E-state index contributed by atoms with van der Waals surface area (Å²) in [6.07, 6.45) is 5.55. The molecule has 0 amide bonds. The van der Waals surface area contributed by atoms with Crippen LogP contribution in [0.5, 0.6) is 0 Å². The van der Waals surface area contributed by atoms with E-state index in [0.29, 0.717) is 5.92 Å². The highest BCUT2D eigenvalue weighted by Gasteiger charge is 2.24. The first-order chi connectivity index (χ1) is 6.38. The van der Waals surface area contributed by atoms with Crippen LogP contribution in [0.3, 0.4) is 0 Å². The fourth-order valence-electron chi connectivity index (χ4n) is 2.04. The van der Waals surface area contributed by atoms with Crippen molar-refractivity contribution in [3.8, 4) is 0 Å². The molecule has 1 fully saturated rings. The number of hydrogen-bond donors (Lipinski definition) is 1. The van der Waals surface area contributed by atoms with Crippen molar-refractivity contribution in [2.75, 3.05) is 0 Å². The molecule has 0 spiro atoms. The van der Waals surface area contributed by atoms with Crippen molar-refractivity contribution in [1.82, 2.24) is 4.98 Å². The van der Waals surface area contributed by atoms with Crippen LogP contribution < -0.4 is 0 Å². The lowest BCUT2D eigenvalue weighted by molar-refractivity contribution is 0.134. The van der Waals surface area contributed by atoms with E-state index in [-0.39, 0.29) is 6.10 Å². The summed E-state index contributed by atoms with van der Waals surface area (Å²) >= 11 is 1.62. The molecule has 1 aromatic rings. The van der Waals surface area contributed by atoms with Crippen LogP contribution in [0.1, 0.15) is 43.7 Å². The van der Waals surface area contributed by atoms with Gasteiger partial charge in [-0.3, -0.25) is 0 Å². The molecule has 0 aliphatic heterocycles. The molecule has 0 aromatic carbocycles. The van der Waals surface area contributed by atoms with E-state index in [9.17, 15) is 5.11 Å². The summed E-state index contributed by atoms with van der Waals surface area (Å²) in [5.41, 5.74) is 2.95. The van der Waals surface area contributed by atoms with Gasteiger partial charge in [-0.25, -0.2) is 4.98 Å². The molecular formula is C10H15NOS. The van der Waals surface area contributed by atoms with Gasteiger partial charge in [0.25, 0.3) is 0 Å². The Bertz CT molecular complexity index is 247. The number of hydrogen-bond acceptors (Lipinski definition) is 3. The predicted octanol–water partition coefficient (Wildman–Crippen LogP) is 2.55. The minimum absolute atomic E-state index is 0.162. The first-order valence-electron chi connectivity index (χ1n) is 4.94. The zero-order valence-electron chi connectivity index (χ0n) is 7.65. The Kier molecular flexibility index (Phi) is 2.96. The number of thiazole rings is 1. The molecule has 2 nitrogen and oxygen atoms in total. The lowest BCUT2D eigenvalue weighted by Gasteiger charge is -2.17. The highest BCUT2D eigenvalue weighted by molar-refractivity contribution is 7.07. The van der Waals surface area contributed by atoms with Gasteiger partial charge >= 0.3 is 0 Å². The summed E-state index contributed by atoms with van der Waals surface area (Å²) in [5, 5.41) is 12.0. The number of rotatable bonds is 1. The lowest BCUT2D eigenvalue weighted by Crippen LogP contribution is -2.16. The molecule has 1 aromatic heterocycles. The van der Waals surface area contributed by atoms with Crippen molar-refractivity contribution < 1.29 is 5.11 Å². The number of aliphatic hydroxyl groups excluding tert-OH is 1. The number of nitrogens with zero attached hydrogens (tertiary/aromatic N) is 1. The monoisotopic (exact) mass is 197 g/mol. The molecule has 0 unspecified atom stereocenters. The van der Waals surface area contributed by atoms with E-state index in [2.05, 4.69) is 10.4 Å². The van der Waals surface area contributed by atoms with Crippen LogP contribution in [-0.2, 0) is 0 Å². The van der Waals surface area contributed by atoms with Crippen molar-refractivity contribution in [3.05, 3.63) is 16.6 Å². The van der Waals surface area contributed by atoms with Crippen LogP contribution in [0, 0.1) is 0 Å². The van der Waals surface area contributed by atoms with Crippen molar-refractivity contribution in [2.24, 2.45) is 0 Å². The summed E-state index contributed by atoms with van der Waals surface area (Å²) in [6.45, 7) is 0. The van der Waals surface area contributed by atoms with Gasteiger partial charge in [0, 0.05) is 11.3 Å². The first-order valence-corrected chi connectivity index (χ1v) is 5.88. The quantitative estimate of drug-likeness (QED) is 0.702. The van der Waals surface area contributed by atoms with E-state index in [1.807, 2.05) is 5.51 Å².